The highest BCUT2D eigenvalue weighted by Crippen LogP contribution is 2.29. The molecule has 0 spiro atoms. The molecular weight excluding hydrogens is 342 g/mol. The summed E-state index contributed by atoms with van der Waals surface area (Å²) in [5.74, 6) is 1.25. The standard InChI is InChI=1S/C14H14BrNO3S/c1-9-7-12(8-10(2)14(9)15)19-11-3-5-13(6-4-11)20(16,17)18/h3-8H,1-2H3,(H2,16,17,18). The first-order chi connectivity index (χ1) is 9.27. The second-order valence-electron chi connectivity index (χ2n) is 4.49. The molecule has 106 valence electrons. The molecule has 2 rings (SSSR count). The summed E-state index contributed by atoms with van der Waals surface area (Å²) in [4.78, 5) is 0.0630. The summed E-state index contributed by atoms with van der Waals surface area (Å²) in [6.07, 6.45) is 0. The van der Waals surface area contributed by atoms with E-state index in [4.69, 9.17) is 9.88 Å². The molecule has 0 amide bonds. The van der Waals surface area contributed by atoms with Gasteiger partial charge in [-0.1, -0.05) is 15.9 Å². The van der Waals surface area contributed by atoms with Crippen LogP contribution in [0, 0.1) is 13.8 Å². The highest BCUT2D eigenvalue weighted by molar-refractivity contribution is 9.10. The molecule has 4 nitrogen and oxygen atoms in total. The fraction of sp³-hybridized carbons (Fsp3) is 0.143. The number of rotatable bonds is 3. The van der Waals surface area contributed by atoms with Crippen molar-refractivity contribution in [3.8, 4) is 11.5 Å². The lowest BCUT2D eigenvalue weighted by atomic mass is 10.1. The zero-order valence-electron chi connectivity index (χ0n) is 11.1. The van der Waals surface area contributed by atoms with Gasteiger partial charge in [-0.2, -0.15) is 0 Å². The second-order valence-corrected chi connectivity index (χ2v) is 6.84. The third kappa shape index (κ3) is 3.39. The maximum atomic E-state index is 11.2. The predicted molar refractivity (Wildman–Crippen MR) is 81.5 cm³/mol. The number of halogens is 1. The van der Waals surface area contributed by atoms with Gasteiger partial charge in [0, 0.05) is 4.47 Å². The number of sulfonamides is 1. The van der Waals surface area contributed by atoms with Gasteiger partial charge in [0.25, 0.3) is 0 Å². The SMILES string of the molecule is Cc1cc(Oc2ccc(S(N)(=O)=O)cc2)cc(C)c1Br. The molecule has 0 heterocycles. The van der Waals surface area contributed by atoms with Gasteiger partial charge in [-0.15, -0.1) is 0 Å². The summed E-state index contributed by atoms with van der Waals surface area (Å²) in [6.45, 7) is 3.96. The highest BCUT2D eigenvalue weighted by Gasteiger charge is 2.08. The summed E-state index contributed by atoms with van der Waals surface area (Å²) in [5, 5.41) is 5.04. The average Bonchev–Trinajstić information content (AvgIpc) is 2.35. The largest absolute Gasteiger partial charge is 0.457 e. The molecule has 2 aromatic rings. The predicted octanol–water partition coefficient (Wildman–Crippen LogP) is 3.51. The van der Waals surface area contributed by atoms with E-state index in [0.717, 1.165) is 15.6 Å². The molecule has 20 heavy (non-hydrogen) atoms. The van der Waals surface area contributed by atoms with Crippen LogP contribution < -0.4 is 9.88 Å². The maximum absolute atomic E-state index is 11.2. The molecule has 0 aliphatic rings. The lowest BCUT2D eigenvalue weighted by molar-refractivity contribution is 0.481. The zero-order chi connectivity index (χ0) is 14.9. The Labute approximate surface area is 126 Å². The van der Waals surface area contributed by atoms with Crippen molar-refractivity contribution in [1.82, 2.24) is 0 Å². The van der Waals surface area contributed by atoms with Crippen molar-refractivity contribution in [2.24, 2.45) is 5.14 Å². The van der Waals surface area contributed by atoms with E-state index in [-0.39, 0.29) is 4.90 Å². The average molecular weight is 356 g/mol. The van der Waals surface area contributed by atoms with Gasteiger partial charge in [-0.3, -0.25) is 0 Å². The summed E-state index contributed by atoms with van der Waals surface area (Å²) >= 11 is 3.49. The minimum absolute atomic E-state index is 0.0630. The van der Waals surface area contributed by atoms with Crippen molar-refractivity contribution in [3.05, 3.63) is 52.0 Å². The van der Waals surface area contributed by atoms with Crippen LogP contribution in [0.25, 0.3) is 0 Å². The van der Waals surface area contributed by atoms with Gasteiger partial charge in [0.05, 0.1) is 4.90 Å². The second kappa shape index (κ2) is 5.55. The zero-order valence-corrected chi connectivity index (χ0v) is 13.5. The van der Waals surface area contributed by atoms with Crippen LogP contribution in [-0.2, 0) is 10.0 Å². The van der Waals surface area contributed by atoms with Gasteiger partial charge >= 0.3 is 0 Å². The van der Waals surface area contributed by atoms with Gasteiger partial charge in [0.1, 0.15) is 11.5 Å². The molecule has 0 atom stereocenters. The fourth-order valence-electron chi connectivity index (χ4n) is 1.80. The van der Waals surface area contributed by atoms with E-state index in [1.165, 1.54) is 12.1 Å². The molecular formula is C14H14BrNO3S. The number of benzene rings is 2. The third-order valence-electron chi connectivity index (χ3n) is 2.80. The van der Waals surface area contributed by atoms with Crippen LogP contribution in [0.1, 0.15) is 11.1 Å². The Hall–Kier alpha value is -1.37. The van der Waals surface area contributed by atoms with Gasteiger partial charge in [-0.05, 0) is 61.4 Å². The Morgan fingerprint density at radius 2 is 1.50 bits per heavy atom. The first-order valence-corrected chi connectivity index (χ1v) is 8.19. The molecule has 0 radical (unpaired) electrons. The van der Waals surface area contributed by atoms with Crippen LogP contribution >= 0.6 is 15.9 Å². The number of hydrogen-bond acceptors (Lipinski definition) is 3. The number of ether oxygens (including phenoxy) is 1. The molecule has 0 bridgehead atoms. The first kappa shape index (κ1) is 15.0. The topological polar surface area (TPSA) is 69.4 Å². The Kier molecular flexibility index (Phi) is 4.17. The van der Waals surface area contributed by atoms with E-state index < -0.39 is 10.0 Å². The monoisotopic (exact) mass is 355 g/mol. The van der Waals surface area contributed by atoms with E-state index in [2.05, 4.69) is 15.9 Å². The number of hydrogen-bond donors (Lipinski definition) is 1. The normalized spacial score (nSPS) is 11.4. The van der Waals surface area contributed by atoms with Crippen LogP contribution in [0.3, 0.4) is 0 Å². The van der Waals surface area contributed by atoms with Crippen molar-refractivity contribution < 1.29 is 13.2 Å². The number of aryl methyl sites for hydroxylation is 2. The Bertz CT molecular complexity index is 717. The molecule has 2 N–H and O–H groups in total. The molecule has 2 aromatic carbocycles. The molecule has 6 heteroatoms. The Morgan fingerprint density at radius 1 is 1.00 bits per heavy atom. The van der Waals surface area contributed by atoms with E-state index >= 15 is 0 Å². The van der Waals surface area contributed by atoms with Gasteiger partial charge < -0.3 is 4.74 Å². The highest BCUT2D eigenvalue weighted by atomic mass is 79.9. The number of nitrogens with two attached hydrogens (primary N) is 1. The molecule has 0 aliphatic carbocycles. The smallest absolute Gasteiger partial charge is 0.238 e. The minimum Gasteiger partial charge on any atom is -0.457 e. The van der Waals surface area contributed by atoms with E-state index in [1.54, 1.807) is 12.1 Å². The van der Waals surface area contributed by atoms with E-state index in [1.807, 2.05) is 26.0 Å². The lowest BCUT2D eigenvalue weighted by Gasteiger charge is -2.10. The molecule has 0 fully saturated rings. The van der Waals surface area contributed by atoms with Crippen molar-refractivity contribution >= 4 is 26.0 Å². The Balaban J connectivity index is 2.27. The van der Waals surface area contributed by atoms with Crippen LogP contribution in [0.2, 0.25) is 0 Å². The Morgan fingerprint density at radius 3 is 1.95 bits per heavy atom. The van der Waals surface area contributed by atoms with Crippen molar-refractivity contribution in [2.75, 3.05) is 0 Å². The van der Waals surface area contributed by atoms with Crippen LogP contribution in [0.4, 0.5) is 0 Å². The summed E-state index contributed by atoms with van der Waals surface area (Å²) in [6, 6.07) is 9.81. The third-order valence-corrected chi connectivity index (χ3v) is 4.98. The number of primary sulfonamides is 1. The quantitative estimate of drug-likeness (QED) is 0.915. The maximum Gasteiger partial charge on any atom is 0.238 e. The molecule has 0 saturated heterocycles. The van der Waals surface area contributed by atoms with E-state index in [0.29, 0.717) is 11.5 Å². The molecule has 0 aromatic heterocycles. The van der Waals surface area contributed by atoms with Crippen LogP contribution in [-0.4, -0.2) is 8.42 Å². The van der Waals surface area contributed by atoms with Crippen molar-refractivity contribution in [1.29, 1.82) is 0 Å². The first-order valence-electron chi connectivity index (χ1n) is 5.85. The minimum atomic E-state index is -3.67. The summed E-state index contributed by atoms with van der Waals surface area (Å²) in [7, 11) is -3.67. The lowest BCUT2D eigenvalue weighted by Crippen LogP contribution is -2.11. The van der Waals surface area contributed by atoms with Gasteiger partial charge in [0.15, 0.2) is 0 Å². The fourth-order valence-corrected chi connectivity index (χ4v) is 2.54. The van der Waals surface area contributed by atoms with E-state index in [9.17, 15) is 8.42 Å². The molecule has 0 unspecified atom stereocenters. The summed E-state index contributed by atoms with van der Waals surface area (Å²) < 4.78 is 29.1. The van der Waals surface area contributed by atoms with Gasteiger partial charge in [0.2, 0.25) is 10.0 Å². The van der Waals surface area contributed by atoms with Crippen molar-refractivity contribution in [3.63, 3.8) is 0 Å². The van der Waals surface area contributed by atoms with Crippen LogP contribution in [0.15, 0.2) is 45.8 Å². The molecule has 0 saturated carbocycles. The molecule has 0 aliphatic heterocycles. The van der Waals surface area contributed by atoms with Crippen molar-refractivity contribution in [2.45, 2.75) is 18.7 Å². The van der Waals surface area contributed by atoms with Gasteiger partial charge in [-0.25, -0.2) is 13.6 Å². The summed E-state index contributed by atoms with van der Waals surface area (Å²) in [5.41, 5.74) is 2.14. The van der Waals surface area contributed by atoms with Crippen LogP contribution in [0.5, 0.6) is 11.5 Å².